The van der Waals surface area contributed by atoms with Crippen LogP contribution in [0.25, 0.3) is 0 Å². The first kappa shape index (κ1) is 14.8. The highest BCUT2D eigenvalue weighted by atomic mass is 16.6. The molecular formula is C12H23N3O3. The molecule has 2 unspecified atom stereocenters. The second kappa shape index (κ2) is 6.04. The molecule has 2 atom stereocenters. The number of amides is 2. The van der Waals surface area contributed by atoms with Crippen LogP contribution in [0.5, 0.6) is 0 Å². The van der Waals surface area contributed by atoms with E-state index in [1.807, 2.05) is 20.8 Å². The number of ether oxygens (including phenoxy) is 1. The van der Waals surface area contributed by atoms with E-state index in [0.29, 0.717) is 13.0 Å². The maximum atomic E-state index is 11.7. The highest BCUT2D eigenvalue weighted by Gasteiger charge is 2.32. The van der Waals surface area contributed by atoms with Gasteiger partial charge in [0.15, 0.2) is 0 Å². The quantitative estimate of drug-likeness (QED) is 0.662. The summed E-state index contributed by atoms with van der Waals surface area (Å²) < 4.78 is 5.19. The summed E-state index contributed by atoms with van der Waals surface area (Å²) >= 11 is 0. The van der Waals surface area contributed by atoms with Crippen molar-refractivity contribution in [2.24, 2.45) is 5.92 Å². The standard InChI is InChI=1S/C12H23N3O3/c1-12(2,3)18-11(17)15-9-7-14-6-5-8(9)10(16)13-4/h8-9,14H,5-7H2,1-4H3,(H,13,16)(H,15,17). The molecule has 0 aromatic heterocycles. The molecule has 0 radical (unpaired) electrons. The summed E-state index contributed by atoms with van der Waals surface area (Å²) in [5.41, 5.74) is -0.533. The van der Waals surface area contributed by atoms with Gasteiger partial charge in [-0.25, -0.2) is 4.79 Å². The molecule has 0 aromatic carbocycles. The van der Waals surface area contributed by atoms with Crippen LogP contribution in [-0.4, -0.2) is 43.8 Å². The lowest BCUT2D eigenvalue weighted by Gasteiger charge is -2.32. The summed E-state index contributed by atoms with van der Waals surface area (Å²) in [6.07, 6.45) is 0.227. The minimum Gasteiger partial charge on any atom is -0.444 e. The van der Waals surface area contributed by atoms with E-state index in [9.17, 15) is 9.59 Å². The van der Waals surface area contributed by atoms with Gasteiger partial charge in [-0.15, -0.1) is 0 Å². The SMILES string of the molecule is CNC(=O)C1CCNCC1NC(=O)OC(C)(C)C. The van der Waals surface area contributed by atoms with Crippen molar-refractivity contribution in [2.45, 2.75) is 38.8 Å². The first-order chi connectivity index (χ1) is 8.33. The fraction of sp³-hybridized carbons (Fsp3) is 0.833. The average molecular weight is 257 g/mol. The normalized spacial score (nSPS) is 24.2. The van der Waals surface area contributed by atoms with E-state index >= 15 is 0 Å². The summed E-state index contributed by atoms with van der Waals surface area (Å²) in [6.45, 7) is 6.79. The van der Waals surface area contributed by atoms with Crippen LogP contribution in [0.3, 0.4) is 0 Å². The fourth-order valence-corrected chi connectivity index (χ4v) is 1.97. The molecule has 18 heavy (non-hydrogen) atoms. The third kappa shape index (κ3) is 4.52. The van der Waals surface area contributed by atoms with Gasteiger partial charge < -0.3 is 20.7 Å². The fourth-order valence-electron chi connectivity index (χ4n) is 1.97. The van der Waals surface area contributed by atoms with Gasteiger partial charge in [-0.2, -0.15) is 0 Å². The predicted octanol–water partition coefficient (Wildman–Crippen LogP) is 0.235. The molecule has 0 saturated carbocycles. The predicted molar refractivity (Wildman–Crippen MR) is 68.2 cm³/mol. The van der Waals surface area contributed by atoms with Crippen molar-refractivity contribution in [1.82, 2.24) is 16.0 Å². The third-order valence-corrected chi connectivity index (χ3v) is 2.77. The number of carbonyl (C=O) groups excluding carboxylic acids is 2. The van der Waals surface area contributed by atoms with Crippen molar-refractivity contribution >= 4 is 12.0 Å². The molecule has 1 aliphatic heterocycles. The molecule has 6 nitrogen and oxygen atoms in total. The minimum atomic E-state index is -0.533. The van der Waals surface area contributed by atoms with Gasteiger partial charge in [-0.1, -0.05) is 0 Å². The molecule has 104 valence electrons. The number of hydrogen-bond donors (Lipinski definition) is 3. The molecule has 1 aliphatic rings. The van der Waals surface area contributed by atoms with Crippen LogP contribution in [0.1, 0.15) is 27.2 Å². The van der Waals surface area contributed by atoms with Crippen LogP contribution >= 0.6 is 0 Å². The first-order valence-electron chi connectivity index (χ1n) is 6.25. The van der Waals surface area contributed by atoms with Gasteiger partial charge in [-0.05, 0) is 33.7 Å². The van der Waals surface area contributed by atoms with Crippen molar-refractivity contribution in [3.05, 3.63) is 0 Å². The maximum Gasteiger partial charge on any atom is 0.407 e. The van der Waals surface area contributed by atoms with E-state index in [0.717, 1.165) is 6.54 Å². The molecule has 1 heterocycles. The summed E-state index contributed by atoms with van der Waals surface area (Å²) in [7, 11) is 1.61. The van der Waals surface area contributed by atoms with Gasteiger partial charge in [0.05, 0.1) is 12.0 Å². The molecule has 2 amide bonds. The Balaban J connectivity index is 2.57. The number of hydrogen-bond acceptors (Lipinski definition) is 4. The Hall–Kier alpha value is -1.30. The maximum absolute atomic E-state index is 11.7. The largest absolute Gasteiger partial charge is 0.444 e. The zero-order chi connectivity index (χ0) is 13.8. The molecule has 0 aliphatic carbocycles. The lowest BCUT2D eigenvalue weighted by Crippen LogP contribution is -2.55. The Morgan fingerprint density at radius 2 is 2.00 bits per heavy atom. The Morgan fingerprint density at radius 3 is 2.56 bits per heavy atom. The molecule has 1 fully saturated rings. The molecular weight excluding hydrogens is 234 g/mol. The zero-order valence-corrected chi connectivity index (χ0v) is 11.5. The number of carbonyl (C=O) groups is 2. The number of nitrogens with one attached hydrogen (secondary N) is 3. The topological polar surface area (TPSA) is 79.5 Å². The van der Waals surface area contributed by atoms with Crippen LogP contribution in [0.2, 0.25) is 0 Å². The van der Waals surface area contributed by atoms with Gasteiger partial charge in [0.25, 0.3) is 0 Å². The highest BCUT2D eigenvalue weighted by molar-refractivity contribution is 5.80. The first-order valence-corrected chi connectivity index (χ1v) is 6.25. The summed E-state index contributed by atoms with van der Waals surface area (Å²) in [4.78, 5) is 23.4. The Bertz CT molecular complexity index is 312. The molecule has 1 rings (SSSR count). The Kier molecular flexibility index (Phi) is 4.95. The van der Waals surface area contributed by atoms with E-state index in [4.69, 9.17) is 4.74 Å². The lowest BCUT2D eigenvalue weighted by atomic mass is 9.92. The van der Waals surface area contributed by atoms with Gasteiger partial charge in [0.2, 0.25) is 5.91 Å². The van der Waals surface area contributed by atoms with Crippen molar-refractivity contribution < 1.29 is 14.3 Å². The third-order valence-electron chi connectivity index (χ3n) is 2.77. The van der Waals surface area contributed by atoms with Crippen LogP contribution in [0.4, 0.5) is 4.79 Å². The van der Waals surface area contributed by atoms with Crippen LogP contribution in [0, 0.1) is 5.92 Å². The van der Waals surface area contributed by atoms with E-state index < -0.39 is 11.7 Å². The molecule has 0 aromatic rings. The van der Waals surface area contributed by atoms with Gasteiger partial charge in [0, 0.05) is 13.6 Å². The van der Waals surface area contributed by atoms with E-state index in [2.05, 4.69) is 16.0 Å². The minimum absolute atomic E-state index is 0.0439. The van der Waals surface area contributed by atoms with Crippen molar-refractivity contribution in [3.8, 4) is 0 Å². The van der Waals surface area contributed by atoms with E-state index in [1.165, 1.54) is 0 Å². The molecule has 0 bridgehead atoms. The second-order valence-electron chi connectivity index (χ2n) is 5.47. The number of alkyl carbamates (subject to hydrolysis) is 1. The lowest BCUT2D eigenvalue weighted by molar-refractivity contribution is -0.126. The van der Waals surface area contributed by atoms with Gasteiger partial charge in [-0.3, -0.25) is 4.79 Å². The Morgan fingerprint density at radius 1 is 1.33 bits per heavy atom. The summed E-state index contributed by atoms with van der Waals surface area (Å²) in [5, 5.41) is 8.55. The van der Waals surface area contributed by atoms with E-state index in [1.54, 1.807) is 7.05 Å². The number of rotatable bonds is 2. The Labute approximate surface area is 108 Å². The number of piperidine rings is 1. The van der Waals surface area contributed by atoms with Crippen molar-refractivity contribution in [1.29, 1.82) is 0 Å². The molecule has 0 spiro atoms. The monoisotopic (exact) mass is 257 g/mol. The van der Waals surface area contributed by atoms with Crippen LogP contribution in [-0.2, 0) is 9.53 Å². The summed E-state index contributed by atoms with van der Waals surface area (Å²) in [6, 6.07) is -0.228. The van der Waals surface area contributed by atoms with E-state index in [-0.39, 0.29) is 17.9 Å². The van der Waals surface area contributed by atoms with Gasteiger partial charge >= 0.3 is 6.09 Å². The summed E-state index contributed by atoms with van der Waals surface area (Å²) in [5.74, 6) is -0.249. The van der Waals surface area contributed by atoms with Crippen molar-refractivity contribution in [3.63, 3.8) is 0 Å². The van der Waals surface area contributed by atoms with Crippen molar-refractivity contribution in [2.75, 3.05) is 20.1 Å². The molecule has 6 heteroatoms. The zero-order valence-electron chi connectivity index (χ0n) is 11.5. The average Bonchev–Trinajstić information content (AvgIpc) is 2.26. The highest BCUT2D eigenvalue weighted by Crippen LogP contribution is 2.14. The second-order valence-corrected chi connectivity index (χ2v) is 5.47. The molecule has 3 N–H and O–H groups in total. The smallest absolute Gasteiger partial charge is 0.407 e. The van der Waals surface area contributed by atoms with Crippen LogP contribution < -0.4 is 16.0 Å². The van der Waals surface area contributed by atoms with Gasteiger partial charge in [0.1, 0.15) is 5.60 Å². The molecule has 1 saturated heterocycles. The van der Waals surface area contributed by atoms with Crippen LogP contribution in [0.15, 0.2) is 0 Å².